The number of ether oxygens (including phenoxy) is 1. The highest BCUT2D eigenvalue weighted by atomic mass is 19.4. The number of nitrogens with zero attached hydrogens (tertiary/aromatic N) is 3. The molecule has 1 saturated heterocycles. The van der Waals surface area contributed by atoms with Gasteiger partial charge in [-0.25, -0.2) is 13.6 Å². The fourth-order valence-corrected chi connectivity index (χ4v) is 4.76. The molecule has 0 spiro atoms. The van der Waals surface area contributed by atoms with E-state index in [1.807, 2.05) is 23.9 Å². The molecule has 0 radical (unpaired) electrons. The van der Waals surface area contributed by atoms with Crippen LogP contribution < -0.4 is 15.8 Å². The number of likely N-dealkylation sites (N-methyl/N-ethyl adjacent to an activating group) is 1. The Morgan fingerprint density at radius 3 is 2.51 bits per heavy atom. The van der Waals surface area contributed by atoms with E-state index < -0.39 is 63.9 Å². The molecule has 1 fully saturated rings. The second-order valence-corrected chi connectivity index (χ2v) is 10.3. The van der Waals surface area contributed by atoms with Crippen LogP contribution in [-0.2, 0) is 10.9 Å². The van der Waals surface area contributed by atoms with Gasteiger partial charge in [-0.05, 0) is 33.4 Å². The van der Waals surface area contributed by atoms with Gasteiger partial charge in [0.2, 0.25) is 5.56 Å². The fraction of sp³-hybridized carbons (Fsp3) is 0.444. The third-order valence-corrected chi connectivity index (χ3v) is 7.05. The number of carbonyl (C=O) groups is 2. The van der Waals surface area contributed by atoms with Crippen LogP contribution in [0.1, 0.15) is 42.3 Å². The van der Waals surface area contributed by atoms with Gasteiger partial charge in [-0.1, -0.05) is 6.08 Å². The molecule has 41 heavy (non-hydrogen) atoms. The van der Waals surface area contributed by atoms with Crippen LogP contribution in [0.2, 0.25) is 0 Å². The predicted molar refractivity (Wildman–Crippen MR) is 142 cm³/mol. The van der Waals surface area contributed by atoms with Crippen molar-refractivity contribution in [2.45, 2.75) is 39.1 Å². The quantitative estimate of drug-likeness (QED) is 0.510. The highest BCUT2D eigenvalue weighted by Crippen LogP contribution is 2.39. The number of pyridine rings is 1. The average Bonchev–Trinajstić information content (AvgIpc) is 3.36. The number of aromatic amines is 1. The summed E-state index contributed by atoms with van der Waals surface area (Å²) in [5.74, 6) is -3.52. The topological polar surface area (TPSA) is 98.0 Å². The van der Waals surface area contributed by atoms with Gasteiger partial charge in [-0.15, -0.1) is 0 Å². The molecule has 2 N–H and O–H groups in total. The van der Waals surface area contributed by atoms with Crippen LogP contribution in [0.15, 0.2) is 29.2 Å². The lowest BCUT2D eigenvalue weighted by atomic mass is 10.0. The summed E-state index contributed by atoms with van der Waals surface area (Å²) in [6, 6.07) is 1.23. The maximum atomic E-state index is 16.2. The standard InChI is InChI=1S/C27H30F5N5O4/c1-14(2)41-26(40)37-6-5-16(13-37)22-19(28)10-20(36-8-7-35(4)15(3)12-36)24(23(22)29)34-25(39)17-11-33-21(38)9-18(17)27(30,31)32/h5,9-11,14-15H,6-8,12-13H2,1-4H3,(H,33,38)(H,34,39). The van der Waals surface area contributed by atoms with Crippen molar-refractivity contribution in [3.63, 3.8) is 0 Å². The summed E-state index contributed by atoms with van der Waals surface area (Å²) >= 11 is 0. The normalized spacial score (nSPS) is 18.1. The molecule has 1 aromatic heterocycles. The van der Waals surface area contributed by atoms with Crippen LogP contribution in [-0.4, -0.2) is 78.7 Å². The first-order valence-electron chi connectivity index (χ1n) is 12.9. The summed E-state index contributed by atoms with van der Waals surface area (Å²) in [6.45, 7) is 6.21. The summed E-state index contributed by atoms with van der Waals surface area (Å²) in [4.78, 5) is 44.0. The van der Waals surface area contributed by atoms with Gasteiger partial charge in [0.05, 0.1) is 28.5 Å². The van der Waals surface area contributed by atoms with Crippen molar-refractivity contribution in [2.24, 2.45) is 0 Å². The molecular formula is C27H30F5N5O4. The number of piperazine rings is 1. The minimum absolute atomic E-state index is 0.0194. The molecule has 2 aliphatic heterocycles. The number of alkyl halides is 3. The van der Waals surface area contributed by atoms with Gasteiger partial charge >= 0.3 is 12.3 Å². The fourth-order valence-electron chi connectivity index (χ4n) is 4.76. The number of anilines is 2. The van der Waals surface area contributed by atoms with E-state index in [1.54, 1.807) is 18.7 Å². The van der Waals surface area contributed by atoms with E-state index in [0.29, 0.717) is 25.8 Å². The monoisotopic (exact) mass is 583 g/mol. The van der Waals surface area contributed by atoms with E-state index >= 15 is 8.78 Å². The van der Waals surface area contributed by atoms with Crippen LogP contribution >= 0.6 is 0 Å². The van der Waals surface area contributed by atoms with Gasteiger partial charge in [-0.2, -0.15) is 13.2 Å². The van der Waals surface area contributed by atoms with Crippen LogP contribution in [0.4, 0.5) is 38.1 Å². The van der Waals surface area contributed by atoms with Crippen LogP contribution in [0.25, 0.3) is 5.57 Å². The molecule has 2 aliphatic rings. The molecule has 2 aromatic rings. The van der Waals surface area contributed by atoms with Crippen molar-refractivity contribution in [3.8, 4) is 0 Å². The Morgan fingerprint density at radius 2 is 1.88 bits per heavy atom. The lowest BCUT2D eigenvalue weighted by molar-refractivity contribution is -0.138. The Bertz CT molecular complexity index is 1440. The number of hydrogen-bond donors (Lipinski definition) is 2. The number of halogens is 5. The van der Waals surface area contributed by atoms with Crippen molar-refractivity contribution in [3.05, 3.63) is 63.1 Å². The molecular weight excluding hydrogens is 553 g/mol. The Hall–Kier alpha value is -3.94. The summed E-state index contributed by atoms with van der Waals surface area (Å²) in [6.07, 6.45) is -4.11. The largest absolute Gasteiger partial charge is 0.447 e. The van der Waals surface area contributed by atoms with E-state index in [1.165, 1.54) is 11.0 Å². The first-order valence-corrected chi connectivity index (χ1v) is 12.9. The van der Waals surface area contributed by atoms with E-state index in [-0.39, 0.29) is 36.5 Å². The number of amides is 2. The zero-order chi connectivity index (χ0) is 30.2. The Kier molecular flexibility index (Phi) is 8.43. The summed E-state index contributed by atoms with van der Waals surface area (Å²) in [5, 5.41) is 2.21. The smallest absolute Gasteiger partial charge is 0.417 e. The van der Waals surface area contributed by atoms with Crippen LogP contribution in [0.5, 0.6) is 0 Å². The molecule has 3 heterocycles. The van der Waals surface area contributed by atoms with Crippen LogP contribution in [0.3, 0.4) is 0 Å². The molecule has 0 bridgehead atoms. The summed E-state index contributed by atoms with van der Waals surface area (Å²) < 4.78 is 77.9. The maximum Gasteiger partial charge on any atom is 0.417 e. The van der Waals surface area contributed by atoms with Crippen molar-refractivity contribution < 1.29 is 36.3 Å². The molecule has 4 rings (SSSR count). The third-order valence-electron chi connectivity index (χ3n) is 7.05. The average molecular weight is 584 g/mol. The number of benzene rings is 1. The van der Waals surface area contributed by atoms with E-state index in [2.05, 4.69) is 5.32 Å². The number of H-pyrrole nitrogens is 1. The summed E-state index contributed by atoms with van der Waals surface area (Å²) in [7, 11) is 1.88. The second-order valence-electron chi connectivity index (χ2n) is 10.3. The van der Waals surface area contributed by atoms with Gasteiger partial charge in [-0.3, -0.25) is 9.59 Å². The predicted octanol–water partition coefficient (Wildman–Crippen LogP) is 4.31. The van der Waals surface area contributed by atoms with E-state index in [9.17, 15) is 27.6 Å². The maximum absolute atomic E-state index is 16.2. The van der Waals surface area contributed by atoms with Crippen molar-refractivity contribution in [1.82, 2.24) is 14.8 Å². The second kappa shape index (κ2) is 11.5. The number of aromatic nitrogens is 1. The third kappa shape index (κ3) is 6.37. The van der Waals surface area contributed by atoms with Crippen molar-refractivity contribution in [2.75, 3.05) is 50.0 Å². The zero-order valence-electron chi connectivity index (χ0n) is 22.9. The van der Waals surface area contributed by atoms with Gasteiger partial charge < -0.3 is 29.7 Å². The molecule has 222 valence electrons. The van der Waals surface area contributed by atoms with Crippen molar-refractivity contribution in [1.29, 1.82) is 0 Å². The molecule has 0 aliphatic carbocycles. The van der Waals surface area contributed by atoms with Gasteiger partial charge in [0.25, 0.3) is 5.91 Å². The van der Waals surface area contributed by atoms with Gasteiger partial charge in [0, 0.05) is 57.1 Å². The van der Waals surface area contributed by atoms with Crippen LogP contribution in [0, 0.1) is 11.6 Å². The lowest BCUT2D eigenvalue weighted by Crippen LogP contribution is -2.50. The highest BCUT2D eigenvalue weighted by Gasteiger charge is 2.37. The number of rotatable bonds is 5. The van der Waals surface area contributed by atoms with E-state index in [0.717, 1.165) is 6.07 Å². The highest BCUT2D eigenvalue weighted by molar-refractivity contribution is 6.07. The molecule has 14 heteroatoms. The molecule has 2 amide bonds. The Labute approximate surface area is 232 Å². The molecule has 1 aromatic carbocycles. The summed E-state index contributed by atoms with van der Waals surface area (Å²) in [5.41, 5.74) is -4.52. The first-order chi connectivity index (χ1) is 19.2. The molecule has 0 saturated carbocycles. The number of nitrogens with one attached hydrogen (secondary N) is 2. The molecule has 9 nitrogen and oxygen atoms in total. The van der Waals surface area contributed by atoms with E-state index in [4.69, 9.17) is 4.74 Å². The minimum atomic E-state index is -5.05. The first kappa shape index (κ1) is 30.0. The van der Waals surface area contributed by atoms with Crippen molar-refractivity contribution >= 4 is 28.9 Å². The van der Waals surface area contributed by atoms with Gasteiger partial charge in [0.1, 0.15) is 11.5 Å². The Balaban J connectivity index is 1.77. The number of carbonyl (C=O) groups excluding carboxylic acids is 2. The minimum Gasteiger partial charge on any atom is -0.447 e. The van der Waals surface area contributed by atoms with Gasteiger partial charge in [0.15, 0.2) is 5.82 Å². The SMILES string of the molecule is CC(C)OC(=O)N1CC=C(c2c(F)cc(N3CCN(C)C(C)C3)c(NC(=O)c3c[nH]c(=O)cc3C(F)(F)F)c2F)C1. The Morgan fingerprint density at radius 1 is 1.17 bits per heavy atom. The molecule has 1 atom stereocenters. The number of hydrogen-bond acceptors (Lipinski definition) is 6. The lowest BCUT2D eigenvalue weighted by Gasteiger charge is -2.40. The zero-order valence-corrected chi connectivity index (χ0v) is 22.9. The molecule has 1 unspecified atom stereocenters.